The molecule has 0 aliphatic heterocycles. The van der Waals surface area contributed by atoms with Crippen molar-refractivity contribution in [2.45, 2.75) is 66.5 Å². The average molecular weight is 343 g/mol. The summed E-state index contributed by atoms with van der Waals surface area (Å²) in [6.45, 7) is 12.1. The van der Waals surface area contributed by atoms with Gasteiger partial charge in [0.2, 0.25) is 0 Å². The van der Waals surface area contributed by atoms with E-state index < -0.39 is 9.05 Å². The van der Waals surface area contributed by atoms with Crippen LogP contribution in [0.15, 0.2) is 24.3 Å². The van der Waals surface area contributed by atoms with Crippen molar-refractivity contribution in [2.75, 3.05) is 7.11 Å². The van der Waals surface area contributed by atoms with E-state index in [2.05, 4.69) is 0 Å². The second-order valence-corrected chi connectivity index (χ2v) is 8.13. The van der Waals surface area contributed by atoms with Crippen LogP contribution in [0.2, 0.25) is 0 Å². The predicted octanol–water partition coefficient (Wildman–Crippen LogP) is 3.92. The summed E-state index contributed by atoms with van der Waals surface area (Å²) in [7, 11) is -1.57. The van der Waals surface area contributed by atoms with E-state index >= 15 is 0 Å². The molecule has 0 saturated heterocycles. The van der Waals surface area contributed by atoms with Crippen LogP contribution in [-0.2, 0) is 24.3 Å². The Bertz CT molecular complexity index is 418. The minimum absolute atomic E-state index is 0.0463. The third kappa shape index (κ3) is 7.45. The van der Waals surface area contributed by atoms with Gasteiger partial charge in [0, 0.05) is 18.3 Å². The van der Waals surface area contributed by atoms with E-state index in [1.807, 2.05) is 65.8 Å². The van der Waals surface area contributed by atoms with E-state index in [4.69, 9.17) is 22.4 Å². The zero-order chi connectivity index (χ0) is 17.5. The van der Waals surface area contributed by atoms with E-state index in [0.717, 1.165) is 11.3 Å². The zero-order valence-corrected chi connectivity index (χ0v) is 16.3. The molecule has 132 valence electrons. The molecule has 0 aliphatic carbocycles. The number of hydrogen-bond donors (Lipinski definition) is 0. The average Bonchev–Trinajstić information content (AvgIpc) is 2.43. The lowest BCUT2D eigenvalue weighted by molar-refractivity contribution is -0.0782. The van der Waals surface area contributed by atoms with Gasteiger partial charge in [0.15, 0.2) is 0 Å². The monoisotopic (exact) mass is 342 g/mol. The molecule has 0 aliphatic rings. The Labute approximate surface area is 141 Å². The number of rotatable bonds is 10. The zero-order valence-electron chi connectivity index (χ0n) is 15.3. The minimum atomic E-state index is -3.22. The van der Waals surface area contributed by atoms with Crippen molar-refractivity contribution in [1.82, 2.24) is 0 Å². The van der Waals surface area contributed by atoms with Crippen LogP contribution in [0.3, 0.4) is 0 Å². The van der Waals surface area contributed by atoms with Crippen LogP contribution in [0, 0.1) is 0 Å². The summed E-state index contributed by atoms with van der Waals surface area (Å²) in [5.41, 5.74) is 1.01. The normalized spacial score (nSPS) is 12.4. The molecular weight excluding hydrogens is 312 g/mol. The van der Waals surface area contributed by atoms with Gasteiger partial charge in [-0.2, -0.15) is 0 Å². The summed E-state index contributed by atoms with van der Waals surface area (Å²) < 4.78 is 29.1. The van der Waals surface area contributed by atoms with E-state index in [1.54, 1.807) is 7.11 Å². The largest absolute Gasteiger partial charge is 0.680 e. The fraction of sp³-hybridized carbons (Fsp3) is 0.647. The van der Waals surface area contributed by atoms with Crippen LogP contribution in [-0.4, -0.2) is 34.5 Å². The molecule has 0 amide bonds. The van der Waals surface area contributed by atoms with Crippen molar-refractivity contribution in [3.8, 4) is 5.75 Å². The first-order valence-electron chi connectivity index (χ1n) is 8.06. The first-order chi connectivity index (χ1) is 10.8. The lowest BCUT2D eigenvalue weighted by atomic mass is 10.2. The van der Waals surface area contributed by atoms with Gasteiger partial charge in [-0.15, -0.1) is 0 Å². The lowest BCUT2D eigenvalue weighted by Crippen LogP contribution is -2.53. The Morgan fingerprint density at radius 2 is 1.22 bits per heavy atom. The van der Waals surface area contributed by atoms with Gasteiger partial charge in [0.1, 0.15) is 5.75 Å². The van der Waals surface area contributed by atoms with Gasteiger partial charge < -0.3 is 22.4 Å². The maximum atomic E-state index is 6.05. The third-order valence-electron chi connectivity index (χ3n) is 2.71. The molecule has 0 unspecified atom stereocenters. The molecule has 0 radical (unpaired) electrons. The first-order valence-corrected chi connectivity index (χ1v) is 9.70. The maximum absolute atomic E-state index is 6.05. The fourth-order valence-corrected chi connectivity index (χ4v) is 4.39. The molecule has 1 aromatic carbocycles. The van der Waals surface area contributed by atoms with Gasteiger partial charge in [-0.1, -0.05) is 12.1 Å². The van der Waals surface area contributed by atoms with Gasteiger partial charge in [0.25, 0.3) is 0 Å². The van der Waals surface area contributed by atoms with Crippen LogP contribution in [0.1, 0.15) is 47.1 Å². The molecular formula is C17H30O5Si. The van der Waals surface area contributed by atoms with E-state index in [-0.39, 0.29) is 18.3 Å². The summed E-state index contributed by atoms with van der Waals surface area (Å²) in [6.07, 6.45) is -0.139. The summed E-state index contributed by atoms with van der Waals surface area (Å²) in [4.78, 5) is 0. The van der Waals surface area contributed by atoms with Crippen LogP contribution in [0.25, 0.3) is 0 Å². The Morgan fingerprint density at radius 1 is 0.783 bits per heavy atom. The van der Waals surface area contributed by atoms with Crippen LogP contribution in [0.5, 0.6) is 5.75 Å². The van der Waals surface area contributed by atoms with Gasteiger partial charge in [-0.05, 0) is 59.2 Å². The molecule has 0 spiro atoms. The Kier molecular flexibility index (Phi) is 8.22. The van der Waals surface area contributed by atoms with Gasteiger partial charge >= 0.3 is 9.05 Å². The summed E-state index contributed by atoms with van der Waals surface area (Å²) >= 11 is 0. The predicted molar refractivity (Wildman–Crippen MR) is 92.2 cm³/mol. The van der Waals surface area contributed by atoms with E-state index in [1.165, 1.54) is 0 Å². The van der Waals surface area contributed by atoms with Crippen molar-refractivity contribution in [3.63, 3.8) is 0 Å². The Hall–Kier alpha value is -0.923. The highest BCUT2D eigenvalue weighted by molar-refractivity contribution is 6.53. The van der Waals surface area contributed by atoms with Crippen LogP contribution >= 0.6 is 0 Å². The van der Waals surface area contributed by atoms with Crippen molar-refractivity contribution >= 4 is 9.05 Å². The molecule has 0 bridgehead atoms. The molecule has 0 atom stereocenters. The molecule has 0 saturated carbocycles. The highest BCUT2D eigenvalue weighted by atomic mass is 28.4. The van der Waals surface area contributed by atoms with Crippen molar-refractivity contribution in [2.24, 2.45) is 0 Å². The molecule has 23 heavy (non-hydrogen) atoms. The number of ether oxygens (including phenoxy) is 1. The van der Waals surface area contributed by atoms with Crippen molar-refractivity contribution in [1.29, 1.82) is 0 Å². The molecule has 0 N–H and O–H groups in total. The third-order valence-corrected chi connectivity index (χ3v) is 5.49. The van der Waals surface area contributed by atoms with Crippen LogP contribution in [0.4, 0.5) is 0 Å². The summed E-state index contributed by atoms with van der Waals surface area (Å²) in [5, 5.41) is 0. The van der Waals surface area contributed by atoms with Gasteiger partial charge in [-0.25, -0.2) is 0 Å². The van der Waals surface area contributed by atoms with Crippen molar-refractivity contribution in [3.05, 3.63) is 29.8 Å². The molecule has 5 nitrogen and oxygen atoms in total. The number of methoxy groups -OCH3 is 1. The van der Waals surface area contributed by atoms with E-state index in [9.17, 15) is 0 Å². The standard InChI is InChI=1S/C17H30O5Si/c1-13(2)20-23(21-14(3)4,22-15(5)6)19-12-16-8-10-17(18-7)11-9-16/h8-11,13-15H,12H2,1-7H3. The highest BCUT2D eigenvalue weighted by Gasteiger charge is 2.48. The highest BCUT2D eigenvalue weighted by Crippen LogP contribution is 2.21. The molecule has 0 heterocycles. The lowest BCUT2D eigenvalue weighted by Gasteiger charge is -2.32. The summed E-state index contributed by atoms with van der Waals surface area (Å²) in [6, 6.07) is 7.71. The topological polar surface area (TPSA) is 46.2 Å². The molecule has 0 fully saturated rings. The first kappa shape index (κ1) is 20.1. The minimum Gasteiger partial charge on any atom is -0.497 e. The molecule has 0 aromatic heterocycles. The molecule has 1 rings (SSSR count). The van der Waals surface area contributed by atoms with Crippen molar-refractivity contribution < 1.29 is 22.4 Å². The Morgan fingerprint density at radius 3 is 1.57 bits per heavy atom. The van der Waals surface area contributed by atoms with Gasteiger partial charge in [0.05, 0.1) is 13.7 Å². The fourth-order valence-electron chi connectivity index (χ4n) is 1.94. The SMILES string of the molecule is COc1ccc(CO[Si](OC(C)C)(OC(C)C)OC(C)C)cc1. The number of hydrogen-bond acceptors (Lipinski definition) is 5. The van der Waals surface area contributed by atoms with E-state index in [0.29, 0.717) is 6.61 Å². The quantitative estimate of drug-likeness (QED) is 0.603. The smallest absolute Gasteiger partial charge is 0.497 e. The second-order valence-electron chi connectivity index (χ2n) is 6.14. The summed E-state index contributed by atoms with van der Waals surface area (Å²) in [5.74, 6) is 0.813. The maximum Gasteiger partial charge on any atom is 0.680 e. The second kappa shape index (κ2) is 9.39. The van der Waals surface area contributed by atoms with Crippen LogP contribution < -0.4 is 4.74 Å². The number of benzene rings is 1. The van der Waals surface area contributed by atoms with Gasteiger partial charge in [-0.3, -0.25) is 0 Å². The molecule has 1 aromatic rings. The Balaban J connectivity index is 2.87. The molecule has 6 heteroatoms.